The number of benzene rings is 9. The van der Waals surface area contributed by atoms with E-state index in [2.05, 4.69) is 195 Å². The van der Waals surface area contributed by atoms with Gasteiger partial charge in [0, 0.05) is 55.7 Å². The Morgan fingerprint density at radius 1 is 0.381 bits per heavy atom. The molecule has 12 rings (SSSR count). The summed E-state index contributed by atoms with van der Waals surface area (Å²) in [6.45, 7) is 4.61. The molecule has 0 atom stereocenters. The normalized spacial score (nSPS) is 12.7. The lowest BCUT2D eigenvalue weighted by Gasteiger charge is -2.27. The summed E-state index contributed by atoms with van der Waals surface area (Å²) in [6.07, 6.45) is 0. The molecule has 0 amide bonds. The SMILES string of the molecule is CC1(C)c2ccccc2-c2ccc(-c3nc(-c4ccccc4)nc(-c4cccc5oc6cc(N(c7ccccc7)c7cccc(-c8ccccc8)c7)c7ccccc7c6c45)n3)cc21. The minimum Gasteiger partial charge on any atom is -0.456 e. The van der Waals surface area contributed by atoms with Gasteiger partial charge in [0.15, 0.2) is 17.5 Å². The summed E-state index contributed by atoms with van der Waals surface area (Å²) in [5.74, 6) is 1.83. The van der Waals surface area contributed by atoms with Crippen LogP contribution in [0.5, 0.6) is 0 Å². The van der Waals surface area contributed by atoms with E-state index in [1.165, 1.54) is 27.8 Å². The van der Waals surface area contributed by atoms with Crippen LogP contribution in [0, 0.1) is 0 Å². The van der Waals surface area contributed by atoms with E-state index in [9.17, 15) is 0 Å². The van der Waals surface area contributed by atoms with E-state index in [-0.39, 0.29) is 5.41 Å². The quantitative estimate of drug-likeness (QED) is 0.160. The van der Waals surface area contributed by atoms with Crippen molar-refractivity contribution in [3.63, 3.8) is 0 Å². The summed E-state index contributed by atoms with van der Waals surface area (Å²) in [4.78, 5) is 18.1. The minimum atomic E-state index is -0.165. The van der Waals surface area contributed by atoms with E-state index >= 15 is 0 Å². The van der Waals surface area contributed by atoms with Crippen LogP contribution in [0.15, 0.2) is 211 Å². The van der Waals surface area contributed by atoms with Crippen molar-refractivity contribution in [2.45, 2.75) is 19.3 Å². The molecular formula is C58H40N4O. The fourth-order valence-electron chi connectivity index (χ4n) is 9.68. The molecule has 0 saturated carbocycles. The lowest BCUT2D eigenvalue weighted by atomic mass is 9.82. The summed E-state index contributed by atoms with van der Waals surface area (Å²) < 4.78 is 6.91. The highest BCUT2D eigenvalue weighted by molar-refractivity contribution is 6.25. The Hall–Kier alpha value is -8.15. The Bertz CT molecular complexity index is 3540. The third kappa shape index (κ3) is 6.04. The van der Waals surface area contributed by atoms with Crippen molar-refractivity contribution in [1.29, 1.82) is 0 Å². The van der Waals surface area contributed by atoms with Gasteiger partial charge < -0.3 is 9.32 Å². The molecule has 2 aromatic heterocycles. The number of rotatable bonds is 7. The van der Waals surface area contributed by atoms with Gasteiger partial charge in [0.25, 0.3) is 0 Å². The van der Waals surface area contributed by atoms with Crippen LogP contribution in [-0.2, 0) is 5.41 Å². The lowest BCUT2D eigenvalue weighted by molar-refractivity contribution is 0.660. The number of hydrogen-bond acceptors (Lipinski definition) is 5. The number of aromatic nitrogens is 3. The van der Waals surface area contributed by atoms with E-state index in [4.69, 9.17) is 19.4 Å². The summed E-state index contributed by atoms with van der Waals surface area (Å²) >= 11 is 0. The highest BCUT2D eigenvalue weighted by Crippen LogP contribution is 2.50. The maximum absolute atomic E-state index is 6.91. The molecule has 0 fully saturated rings. The molecule has 2 heterocycles. The summed E-state index contributed by atoms with van der Waals surface area (Å²) in [7, 11) is 0. The van der Waals surface area contributed by atoms with Crippen molar-refractivity contribution in [2.75, 3.05) is 4.90 Å². The number of para-hydroxylation sites is 1. The molecule has 0 radical (unpaired) electrons. The van der Waals surface area contributed by atoms with E-state index in [0.29, 0.717) is 17.5 Å². The first-order chi connectivity index (χ1) is 31.0. The maximum Gasteiger partial charge on any atom is 0.164 e. The predicted molar refractivity (Wildman–Crippen MR) is 259 cm³/mol. The summed E-state index contributed by atoms with van der Waals surface area (Å²) in [5, 5.41) is 4.16. The average Bonchev–Trinajstić information content (AvgIpc) is 3.84. The third-order valence-corrected chi connectivity index (χ3v) is 12.7. The van der Waals surface area contributed by atoms with Crippen LogP contribution in [0.1, 0.15) is 25.0 Å². The molecule has 0 aliphatic heterocycles. The monoisotopic (exact) mass is 808 g/mol. The fraction of sp³-hybridized carbons (Fsp3) is 0.0517. The maximum atomic E-state index is 6.91. The van der Waals surface area contributed by atoms with Gasteiger partial charge in [0.05, 0.1) is 5.69 Å². The van der Waals surface area contributed by atoms with E-state index < -0.39 is 0 Å². The predicted octanol–water partition coefficient (Wildman–Crippen LogP) is 15.4. The molecule has 63 heavy (non-hydrogen) atoms. The molecule has 5 heteroatoms. The number of hydrogen-bond donors (Lipinski definition) is 0. The Kier molecular flexibility index (Phi) is 8.44. The average molecular weight is 809 g/mol. The first kappa shape index (κ1) is 36.7. The number of furan rings is 1. The van der Waals surface area contributed by atoms with Crippen LogP contribution in [0.4, 0.5) is 17.1 Å². The van der Waals surface area contributed by atoms with Crippen LogP contribution in [0.25, 0.3) is 89.1 Å². The van der Waals surface area contributed by atoms with Crippen molar-refractivity contribution < 1.29 is 4.42 Å². The van der Waals surface area contributed by atoms with Gasteiger partial charge in [-0.25, -0.2) is 15.0 Å². The first-order valence-electron chi connectivity index (χ1n) is 21.4. The second-order valence-corrected chi connectivity index (χ2v) is 16.8. The van der Waals surface area contributed by atoms with Crippen LogP contribution in [-0.4, -0.2) is 15.0 Å². The van der Waals surface area contributed by atoms with Gasteiger partial charge in [-0.3, -0.25) is 0 Å². The molecule has 0 saturated heterocycles. The van der Waals surface area contributed by atoms with Crippen molar-refractivity contribution >= 4 is 49.8 Å². The fourth-order valence-corrected chi connectivity index (χ4v) is 9.68. The lowest BCUT2D eigenvalue weighted by Crippen LogP contribution is -2.15. The van der Waals surface area contributed by atoms with Crippen molar-refractivity contribution in [1.82, 2.24) is 15.0 Å². The summed E-state index contributed by atoms with van der Waals surface area (Å²) in [6, 6.07) is 72.5. The largest absolute Gasteiger partial charge is 0.456 e. The highest BCUT2D eigenvalue weighted by atomic mass is 16.3. The number of nitrogens with zero attached hydrogens (tertiary/aromatic N) is 4. The second-order valence-electron chi connectivity index (χ2n) is 16.8. The molecule has 9 aromatic carbocycles. The Morgan fingerprint density at radius 2 is 0.968 bits per heavy atom. The molecule has 1 aliphatic carbocycles. The molecule has 0 unspecified atom stereocenters. The zero-order valence-electron chi connectivity index (χ0n) is 34.8. The van der Waals surface area contributed by atoms with Gasteiger partial charge in [-0.15, -0.1) is 0 Å². The zero-order valence-corrected chi connectivity index (χ0v) is 34.8. The molecule has 1 aliphatic rings. The molecular weight excluding hydrogens is 769 g/mol. The molecule has 11 aromatic rings. The molecule has 0 spiro atoms. The highest BCUT2D eigenvalue weighted by Gasteiger charge is 2.35. The standard InChI is InChI=1S/C58H40N4O/c1-58(2)48-30-15-14-26-43(48)44-33-32-40(35-49(44)58)56-59-55(38-20-8-4-9-21-38)60-57(61-56)47-29-17-31-51-54(47)53-46-28-13-12-27-45(46)50(36-52(53)63-51)62(41-23-10-5-11-24-41)42-25-16-22-39(34-42)37-18-6-3-7-19-37/h3-36H,1-2H3. The van der Waals surface area contributed by atoms with Crippen LogP contribution >= 0.6 is 0 Å². The van der Waals surface area contributed by atoms with Crippen molar-refractivity contribution in [3.8, 4) is 56.4 Å². The van der Waals surface area contributed by atoms with Gasteiger partial charge in [0.1, 0.15) is 11.2 Å². The van der Waals surface area contributed by atoms with Crippen molar-refractivity contribution in [3.05, 3.63) is 217 Å². The molecule has 0 N–H and O–H groups in total. The van der Waals surface area contributed by atoms with Crippen LogP contribution in [0.3, 0.4) is 0 Å². The third-order valence-electron chi connectivity index (χ3n) is 12.7. The number of anilines is 3. The Balaban J connectivity index is 1.07. The smallest absolute Gasteiger partial charge is 0.164 e. The van der Waals surface area contributed by atoms with Gasteiger partial charge in [-0.05, 0) is 75.2 Å². The molecule has 298 valence electrons. The van der Waals surface area contributed by atoms with E-state index in [1.54, 1.807) is 0 Å². The van der Waals surface area contributed by atoms with E-state index in [1.807, 2.05) is 30.3 Å². The minimum absolute atomic E-state index is 0.165. The zero-order chi connectivity index (χ0) is 42.1. The van der Waals surface area contributed by atoms with Gasteiger partial charge in [-0.1, -0.05) is 178 Å². The summed E-state index contributed by atoms with van der Waals surface area (Å²) in [5.41, 5.74) is 14.7. The van der Waals surface area contributed by atoms with Crippen LogP contribution < -0.4 is 4.90 Å². The molecule has 0 bridgehead atoms. The first-order valence-corrected chi connectivity index (χ1v) is 21.4. The van der Waals surface area contributed by atoms with Gasteiger partial charge in [-0.2, -0.15) is 0 Å². The second kappa shape index (κ2) is 14.5. The topological polar surface area (TPSA) is 55.1 Å². The van der Waals surface area contributed by atoms with Crippen LogP contribution in [0.2, 0.25) is 0 Å². The number of fused-ring (bicyclic) bond motifs is 8. The van der Waals surface area contributed by atoms with Crippen molar-refractivity contribution in [2.24, 2.45) is 0 Å². The van der Waals surface area contributed by atoms with Gasteiger partial charge >= 0.3 is 0 Å². The Labute approximate surface area is 365 Å². The Morgan fingerprint density at radius 3 is 1.76 bits per heavy atom. The molecule has 5 nitrogen and oxygen atoms in total. The van der Waals surface area contributed by atoms with Gasteiger partial charge in [0.2, 0.25) is 0 Å². The van der Waals surface area contributed by atoms with E-state index in [0.717, 1.165) is 72.0 Å².